The Bertz CT molecular complexity index is 957. The highest BCUT2D eigenvalue weighted by molar-refractivity contribution is 7.92. The Morgan fingerprint density at radius 1 is 1.14 bits per heavy atom. The van der Waals surface area contributed by atoms with Gasteiger partial charge in [-0.05, 0) is 50.1 Å². The normalized spacial score (nSPS) is 19.6. The lowest BCUT2D eigenvalue weighted by Gasteiger charge is -2.27. The second-order valence-corrected chi connectivity index (χ2v) is 9.63. The molecule has 1 aliphatic rings. The van der Waals surface area contributed by atoms with Crippen LogP contribution in [0.5, 0.6) is 0 Å². The third-order valence-corrected chi connectivity index (χ3v) is 7.33. The number of hydrogen-bond acceptors (Lipinski definition) is 4. The molecule has 3 rings (SSSR count). The number of aliphatic hydroxyl groups excluding tert-OH is 1. The lowest BCUT2D eigenvalue weighted by Crippen LogP contribution is -2.36. The first kappa shape index (κ1) is 21.3. The number of sulfonamides is 1. The molecule has 0 saturated heterocycles. The molecule has 0 radical (unpaired) electrons. The number of carbonyl (C=O) groups excluding carboxylic acids is 1. The monoisotopic (exact) mass is 416 g/mol. The first-order chi connectivity index (χ1) is 13.8. The van der Waals surface area contributed by atoms with Crippen LogP contribution in [0.4, 0.5) is 5.69 Å². The molecule has 0 heterocycles. The van der Waals surface area contributed by atoms with Crippen molar-refractivity contribution >= 4 is 21.6 Å². The third kappa shape index (κ3) is 4.97. The van der Waals surface area contributed by atoms with E-state index in [4.69, 9.17) is 0 Å². The predicted octanol–water partition coefficient (Wildman–Crippen LogP) is 3.10. The van der Waals surface area contributed by atoms with Gasteiger partial charge < -0.3 is 10.4 Å². The van der Waals surface area contributed by atoms with E-state index < -0.39 is 10.0 Å². The van der Waals surface area contributed by atoms with E-state index in [-0.39, 0.29) is 28.4 Å². The van der Waals surface area contributed by atoms with Crippen molar-refractivity contribution in [3.8, 4) is 0 Å². The first-order valence-electron chi connectivity index (χ1n) is 9.91. The van der Waals surface area contributed by atoms with E-state index in [1.54, 1.807) is 24.3 Å². The maximum Gasteiger partial charge on any atom is 0.264 e. The van der Waals surface area contributed by atoms with Crippen LogP contribution in [-0.4, -0.2) is 39.1 Å². The van der Waals surface area contributed by atoms with Gasteiger partial charge in [0.1, 0.15) is 0 Å². The van der Waals surface area contributed by atoms with Crippen LogP contribution in [0.25, 0.3) is 0 Å². The summed E-state index contributed by atoms with van der Waals surface area (Å²) in [6.07, 6.45) is 3.33. The fourth-order valence-corrected chi connectivity index (χ4v) is 4.84. The van der Waals surface area contributed by atoms with Gasteiger partial charge in [0.05, 0.1) is 16.7 Å². The van der Waals surface area contributed by atoms with Gasteiger partial charge in [0.25, 0.3) is 15.9 Å². The number of benzene rings is 2. The van der Waals surface area contributed by atoms with Crippen molar-refractivity contribution in [2.75, 3.05) is 17.9 Å². The van der Waals surface area contributed by atoms with Crippen molar-refractivity contribution in [2.45, 2.75) is 43.6 Å². The fourth-order valence-electron chi connectivity index (χ4n) is 3.60. The van der Waals surface area contributed by atoms with Crippen LogP contribution in [0.1, 0.15) is 41.6 Å². The second kappa shape index (κ2) is 8.97. The van der Waals surface area contributed by atoms with Crippen LogP contribution in [0.2, 0.25) is 0 Å². The van der Waals surface area contributed by atoms with Crippen molar-refractivity contribution in [3.05, 3.63) is 59.7 Å². The summed E-state index contributed by atoms with van der Waals surface area (Å²) in [5.74, 6) is -0.287. The zero-order valence-corrected chi connectivity index (χ0v) is 17.7. The van der Waals surface area contributed by atoms with Crippen molar-refractivity contribution in [3.63, 3.8) is 0 Å². The first-order valence-corrected chi connectivity index (χ1v) is 11.3. The molecular weight excluding hydrogens is 388 g/mol. The standard InChI is InChI=1S/C22H28N2O4S/c1-16-10-12-19(13-11-16)24(2)29(27,28)20-8-5-7-17(14-20)22(26)23-15-18-6-3-4-9-21(18)25/h5,7-8,10-14,18,21,25H,3-4,6,9,15H2,1-2H3,(H,23,26)/t18-,21-/m0/s1. The molecule has 2 atom stereocenters. The molecule has 6 nitrogen and oxygen atoms in total. The average molecular weight is 417 g/mol. The van der Waals surface area contributed by atoms with E-state index in [2.05, 4.69) is 5.32 Å². The summed E-state index contributed by atoms with van der Waals surface area (Å²) in [5, 5.41) is 12.9. The zero-order chi connectivity index (χ0) is 21.0. The van der Waals surface area contributed by atoms with Gasteiger partial charge >= 0.3 is 0 Å². The van der Waals surface area contributed by atoms with Gasteiger partial charge in [-0.15, -0.1) is 0 Å². The number of anilines is 1. The summed E-state index contributed by atoms with van der Waals surface area (Å²) in [5.41, 5.74) is 1.88. The molecule has 0 aliphatic heterocycles. The topological polar surface area (TPSA) is 86.7 Å². The number of aryl methyl sites for hydroxylation is 1. The van der Waals surface area contributed by atoms with Crippen LogP contribution >= 0.6 is 0 Å². The van der Waals surface area contributed by atoms with Crippen molar-refractivity contribution in [1.82, 2.24) is 5.32 Å². The minimum absolute atomic E-state index is 0.0484. The average Bonchev–Trinajstić information content (AvgIpc) is 2.73. The Kier molecular flexibility index (Phi) is 6.59. The minimum Gasteiger partial charge on any atom is -0.393 e. The highest BCUT2D eigenvalue weighted by atomic mass is 32.2. The third-order valence-electron chi connectivity index (χ3n) is 5.55. The van der Waals surface area contributed by atoms with Gasteiger partial charge in [-0.25, -0.2) is 8.42 Å². The molecule has 0 unspecified atom stereocenters. The van der Waals surface area contributed by atoms with E-state index in [0.29, 0.717) is 12.2 Å². The molecule has 1 fully saturated rings. The van der Waals surface area contributed by atoms with Crippen LogP contribution < -0.4 is 9.62 Å². The number of nitrogens with one attached hydrogen (secondary N) is 1. The summed E-state index contributed by atoms with van der Waals surface area (Å²) in [6, 6.07) is 13.2. The number of nitrogens with zero attached hydrogens (tertiary/aromatic N) is 1. The van der Waals surface area contributed by atoms with Crippen molar-refractivity contribution in [1.29, 1.82) is 0 Å². The van der Waals surface area contributed by atoms with E-state index in [9.17, 15) is 18.3 Å². The maximum absolute atomic E-state index is 13.0. The van der Waals surface area contributed by atoms with Crippen molar-refractivity contribution in [2.24, 2.45) is 5.92 Å². The molecular formula is C22H28N2O4S. The fraction of sp³-hybridized carbons (Fsp3) is 0.409. The Morgan fingerprint density at radius 2 is 1.83 bits per heavy atom. The number of hydrogen-bond donors (Lipinski definition) is 2. The Labute approximate surface area is 172 Å². The summed E-state index contributed by atoms with van der Waals surface area (Å²) < 4.78 is 27.2. The Balaban J connectivity index is 1.73. The predicted molar refractivity (Wildman–Crippen MR) is 114 cm³/mol. The number of rotatable bonds is 6. The largest absolute Gasteiger partial charge is 0.393 e. The molecule has 2 N–H and O–H groups in total. The minimum atomic E-state index is -3.79. The van der Waals surface area contributed by atoms with Crippen molar-refractivity contribution < 1.29 is 18.3 Å². The molecule has 29 heavy (non-hydrogen) atoms. The lowest BCUT2D eigenvalue weighted by atomic mass is 9.86. The molecule has 0 spiro atoms. The van der Waals surface area contributed by atoms with Gasteiger partial charge in [-0.2, -0.15) is 0 Å². The van der Waals surface area contributed by atoms with Crippen LogP contribution in [0.15, 0.2) is 53.4 Å². The molecule has 156 valence electrons. The van der Waals surface area contributed by atoms with Gasteiger partial charge in [0.15, 0.2) is 0 Å². The highest BCUT2D eigenvalue weighted by Gasteiger charge is 2.25. The maximum atomic E-state index is 13.0. The van der Waals surface area contributed by atoms with E-state index in [1.807, 2.05) is 19.1 Å². The Hall–Kier alpha value is -2.38. The quantitative estimate of drug-likeness (QED) is 0.758. The molecule has 1 saturated carbocycles. The van der Waals surface area contributed by atoms with Gasteiger partial charge in [-0.1, -0.05) is 36.6 Å². The molecule has 2 aromatic rings. The van der Waals surface area contributed by atoms with E-state index in [0.717, 1.165) is 31.2 Å². The van der Waals surface area contributed by atoms with Crippen LogP contribution in [0, 0.1) is 12.8 Å². The molecule has 7 heteroatoms. The summed E-state index contributed by atoms with van der Waals surface area (Å²) in [6.45, 7) is 2.33. The number of aliphatic hydroxyl groups is 1. The van der Waals surface area contributed by atoms with Crippen LogP contribution in [-0.2, 0) is 10.0 Å². The molecule has 0 bridgehead atoms. The SMILES string of the molecule is Cc1ccc(N(C)S(=O)(=O)c2cccc(C(=O)NC[C@@H]3CCCC[C@@H]3O)c2)cc1. The number of amides is 1. The molecule has 1 amide bonds. The summed E-state index contributed by atoms with van der Waals surface area (Å²) >= 11 is 0. The molecule has 1 aliphatic carbocycles. The van der Waals surface area contributed by atoms with Gasteiger partial charge in [-0.3, -0.25) is 9.10 Å². The van der Waals surface area contributed by atoms with Crippen LogP contribution in [0.3, 0.4) is 0 Å². The summed E-state index contributed by atoms with van der Waals surface area (Å²) in [4.78, 5) is 12.6. The number of carbonyl (C=O) groups is 1. The van der Waals surface area contributed by atoms with E-state index in [1.165, 1.54) is 23.5 Å². The molecule has 0 aromatic heterocycles. The summed E-state index contributed by atoms with van der Waals surface area (Å²) in [7, 11) is -2.29. The van der Waals surface area contributed by atoms with Gasteiger partial charge in [0.2, 0.25) is 0 Å². The highest BCUT2D eigenvalue weighted by Crippen LogP contribution is 2.25. The van der Waals surface area contributed by atoms with E-state index >= 15 is 0 Å². The smallest absolute Gasteiger partial charge is 0.264 e. The Morgan fingerprint density at radius 3 is 2.52 bits per heavy atom. The lowest BCUT2D eigenvalue weighted by molar-refractivity contribution is 0.0663. The molecule has 2 aromatic carbocycles. The zero-order valence-electron chi connectivity index (χ0n) is 16.8. The van der Waals surface area contributed by atoms with Gasteiger partial charge in [0, 0.05) is 25.1 Å². The second-order valence-electron chi connectivity index (χ2n) is 7.66.